The van der Waals surface area contributed by atoms with Crippen molar-refractivity contribution in [2.24, 2.45) is 0 Å². The van der Waals surface area contributed by atoms with E-state index in [1.54, 1.807) is 11.3 Å². The van der Waals surface area contributed by atoms with Gasteiger partial charge in [0.05, 0.1) is 10.2 Å². The van der Waals surface area contributed by atoms with E-state index in [1.165, 1.54) is 17.5 Å². The molecule has 3 rings (SSSR count). The minimum Gasteiger partial charge on any atom is -0.235 e. The summed E-state index contributed by atoms with van der Waals surface area (Å²) in [7, 11) is 0. The first-order chi connectivity index (χ1) is 8.79. The normalized spacial score (nSPS) is 11.0. The van der Waals surface area contributed by atoms with E-state index >= 15 is 0 Å². The van der Waals surface area contributed by atoms with Crippen molar-refractivity contribution in [1.29, 1.82) is 0 Å². The molecule has 2 aromatic heterocycles. The van der Waals surface area contributed by atoms with Gasteiger partial charge >= 0.3 is 0 Å². The number of hydrogen-bond donors (Lipinski definition) is 0. The Morgan fingerprint density at radius 3 is 2.67 bits per heavy atom. The Morgan fingerprint density at radius 1 is 1.17 bits per heavy atom. The molecule has 0 fully saturated rings. The summed E-state index contributed by atoms with van der Waals surface area (Å²) < 4.78 is 0.953. The molecule has 1 aromatic carbocycles. The summed E-state index contributed by atoms with van der Waals surface area (Å²) in [6.45, 7) is 2.15. The Labute approximate surface area is 114 Å². The summed E-state index contributed by atoms with van der Waals surface area (Å²) >= 11 is 7.65. The van der Waals surface area contributed by atoms with Crippen LogP contribution in [0.25, 0.3) is 21.3 Å². The second-order valence-corrected chi connectivity index (χ2v) is 5.28. The fraction of sp³-hybridized carbons (Fsp3) is 0.143. The van der Waals surface area contributed by atoms with Gasteiger partial charge in [0.1, 0.15) is 11.5 Å². The number of rotatable bonds is 2. The fourth-order valence-electron chi connectivity index (χ4n) is 1.95. The molecule has 0 amide bonds. The monoisotopic (exact) mass is 274 g/mol. The molecule has 0 spiro atoms. The molecular weight excluding hydrogens is 264 g/mol. The van der Waals surface area contributed by atoms with Gasteiger partial charge in [-0.05, 0) is 17.5 Å². The van der Waals surface area contributed by atoms with Crippen molar-refractivity contribution in [3.8, 4) is 11.1 Å². The number of aromatic nitrogens is 2. The highest BCUT2D eigenvalue weighted by molar-refractivity contribution is 7.18. The van der Waals surface area contributed by atoms with E-state index in [4.69, 9.17) is 11.6 Å². The predicted molar refractivity (Wildman–Crippen MR) is 77.2 cm³/mol. The molecular formula is C14H11ClN2S. The van der Waals surface area contributed by atoms with Crippen LogP contribution in [0, 0.1) is 0 Å². The van der Waals surface area contributed by atoms with Crippen molar-refractivity contribution in [1.82, 2.24) is 9.97 Å². The van der Waals surface area contributed by atoms with E-state index in [1.807, 2.05) is 0 Å². The minimum absolute atomic E-state index is 0.529. The average molecular weight is 275 g/mol. The molecule has 0 aliphatic carbocycles. The second-order valence-electron chi connectivity index (χ2n) is 4.04. The Kier molecular flexibility index (Phi) is 3.02. The van der Waals surface area contributed by atoms with Crippen molar-refractivity contribution < 1.29 is 0 Å². The first-order valence-corrected chi connectivity index (χ1v) is 7.02. The SMILES string of the molecule is CCc1ccc(-c2csc3c(Cl)ncnc23)cc1. The topological polar surface area (TPSA) is 25.8 Å². The smallest absolute Gasteiger partial charge is 0.150 e. The van der Waals surface area contributed by atoms with Crippen molar-refractivity contribution in [2.75, 3.05) is 0 Å². The van der Waals surface area contributed by atoms with Crippen LogP contribution in [0.1, 0.15) is 12.5 Å². The highest BCUT2D eigenvalue weighted by Crippen LogP contribution is 2.35. The van der Waals surface area contributed by atoms with Crippen molar-refractivity contribution in [3.05, 3.63) is 46.7 Å². The van der Waals surface area contributed by atoms with E-state index in [2.05, 4.69) is 46.5 Å². The first-order valence-electron chi connectivity index (χ1n) is 5.76. The van der Waals surface area contributed by atoms with E-state index in [0.29, 0.717) is 5.15 Å². The molecule has 3 aromatic rings. The van der Waals surface area contributed by atoms with Crippen molar-refractivity contribution >= 4 is 33.2 Å². The maximum Gasteiger partial charge on any atom is 0.150 e. The van der Waals surface area contributed by atoms with Crippen LogP contribution in [-0.2, 0) is 6.42 Å². The third kappa shape index (κ3) is 1.89. The van der Waals surface area contributed by atoms with E-state index in [9.17, 15) is 0 Å². The van der Waals surface area contributed by atoms with Gasteiger partial charge in [0.15, 0.2) is 0 Å². The summed E-state index contributed by atoms with van der Waals surface area (Å²) in [4.78, 5) is 8.34. The lowest BCUT2D eigenvalue weighted by Crippen LogP contribution is -1.83. The molecule has 0 saturated heterocycles. The van der Waals surface area contributed by atoms with Crippen LogP contribution >= 0.6 is 22.9 Å². The van der Waals surface area contributed by atoms with Gasteiger partial charge in [-0.3, -0.25) is 0 Å². The maximum atomic E-state index is 6.06. The van der Waals surface area contributed by atoms with Crippen LogP contribution in [0.4, 0.5) is 0 Å². The van der Waals surface area contributed by atoms with Gasteiger partial charge in [0, 0.05) is 10.9 Å². The first kappa shape index (κ1) is 11.6. The molecule has 0 radical (unpaired) electrons. The Hall–Kier alpha value is -1.45. The number of benzene rings is 1. The van der Waals surface area contributed by atoms with Gasteiger partial charge in [-0.2, -0.15) is 0 Å². The minimum atomic E-state index is 0.529. The molecule has 0 saturated carbocycles. The molecule has 90 valence electrons. The van der Waals surface area contributed by atoms with Gasteiger partial charge in [0.2, 0.25) is 0 Å². The summed E-state index contributed by atoms with van der Waals surface area (Å²) in [6, 6.07) is 8.58. The van der Waals surface area contributed by atoms with Gasteiger partial charge < -0.3 is 0 Å². The van der Waals surface area contributed by atoms with Crippen molar-refractivity contribution in [2.45, 2.75) is 13.3 Å². The average Bonchev–Trinajstić information content (AvgIpc) is 2.84. The quantitative estimate of drug-likeness (QED) is 0.640. The number of fused-ring (bicyclic) bond motifs is 1. The molecule has 0 atom stereocenters. The molecule has 4 heteroatoms. The van der Waals surface area contributed by atoms with Crippen LogP contribution < -0.4 is 0 Å². The number of nitrogens with zero attached hydrogens (tertiary/aromatic N) is 2. The Morgan fingerprint density at radius 2 is 1.94 bits per heavy atom. The molecule has 0 bridgehead atoms. The predicted octanol–water partition coefficient (Wildman–Crippen LogP) is 4.57. The van der Waals surface area contributed by atoms with E-state index < -0.39 is 0 Å². The molecule has 0 N–H and O–H groups in total. The lowest BCUT2D eigenvalue weighted by molar-refractivity contribution is 1.14. The molecule has 0 unspecified atom stereocenters. The fourth-order valence-corrected chi connectivity index (χ4v) is 3.12. The molecule has 18 heavy (non-hydrogen) atoms. The summed E-state index contributed by atoms with van der Waals surface area (Å²) in [6.07, 6.45) is 2.57. The Balaban J connectivity index is 2.16. The zero-order valence-electron chi connectivity index (χ0n) is 9.85. The van der Waals surface area contributed by atoms with E-state index in [0.717, 1.165) is 22.2 Å². The standard InChI is InChI=1S/C14H11ClN2S/c1-2-9-3-5-10(6-4-9)11-7-18-13-12(11)16-8-17-14(13)15/h3-8H,2H2,1H3. The zero-order valence-corrected chi connectivity index (χ0v) is 11.4. The number of hydrogen-bond acceptors (Lipinski definition) is 3. The molecule has 2 nitrogen and oxygen atoms in total. The number of aryl methyl sites for hydroxylation is 1. The van der Waals surface area contributed by atoms with Crippen LogP contribution in [0.15, 0.2) is 36.0 Å². The van der Waals surface area contributed by atoms with Gasteiger partial charge in [-0.25, -0.2) is 9.97 Å². The Bertz CT molecular complexity index is 689. The summed E-state index contributed by atoms with van der Waals surface area (Å²) in [5, 5.41) is 2.62. The second kappa shape index (κ2) is 4.67. The number of thiophene rings is 1. The third-order valence-corrected chi connectivity index (χ3v) is 4.36. The zero-order chi connectivity index (χ0) is 12.5. The third-order valence-electron chi connectivity index (χ3n) is 2.98. The number of halogens is 1. The largest absolute Gasteiger partial charge is 0.235 e. The summed E-state index contributed by atoms with van der Waals surface area (Å²) in [5.41, 5.74) is 4.57. The van der Waals surface area contributed by atoms with Gasteiger partial charge in [-0.15, -0.1) is 11.3 Å². The molecule has 0 aliphatic heterocycles. The lowest BCUT2D eigenvalue weighted by atomic mass is 10.0. The van der Waals surface area contributed by atoms with Crippen LogP contribution in [0.5, 0.6) is 0 Å². The van der Waals surface area contributed by atoms with Crippen molar-refractivity contribution in [3.63, 3.8) is 0 Å². The highest BCUT2D eigenvalue weighted by atomic mass is 35.5. The van der Waals surface area contributed by atoms with Crippen LogP contribution in [0.2, 0.25) is 5.15 Å². The highest BCUT2D eigenvalue weighted by Gasteiger charge is 2.10. The van der Waals surface area contributed by atoms with Gasteiger partial charge in [-0.1, -0.05) is 42.8 Å². The van der Waals surface area contributed by atoms with Crippen LogP contribution in [0.3, 0.4) is 0 Å². The van der Waals surface area contributed by atoms with E-state index in [-0.39, 0.29) is 0 Å². The summed E-state index contributed by atoms with van der Waals surface area (Å²) in [5.74, 6) is 0. The lowest BCUT2D eigenvalue weighted by Gasteiger charge is -2.01. The molecule has 0 aliphatic rings. The van der Waals surface area contributed by atoms with Crippen LogP contribution in [-0.4, -0.2) is 9.97 Å². The van der Waals surface area contributed by atoms with Gasteiger partial charge in [0.25, 0.3) is 0 Å². The molecule has 2 heterocycles. The maximum absolute atomic E-state index is 6.06.